The third-order valence-corrected chi connectivity index (χ3v) is 12.2. The van der Waals surface area contributed by atoms with Crippen LogP contribution < -0.4 is 9.62 Å². The lowest BCUT2D eigenvalue weighted by molar-refractivity contribution is -0.144. The molecule has 2 N–H and O–H groups in total. The van der Waals surface area contributed by atoms with Gasteiger partial charge in [0.25, 0.3) is 0 Å². The van der Waals surface area contributed by atoms with Crippen LogP contribution in [0.3, 0.4) is 0 Å². The third-order valence-electron chi connectivity index (χ3n) is 11.0. The summed E-state index contributed by atoms with van der Waals surface area (Å²) in [5.74, 6) is 0.585. The van der Waals surface area contributed by atoms with E-state index in [2.05, 4.69) is 28.3 Å². The molecule has 0 saturated heterocycles. The van der Waals surface area contributed by atoms with Crippen molar-refractivity contribution in [2.75, 3.05) is 30.2 Å². The molecular weight excluding hydrogens is 703 g/mol. The average molecular weight is 752 g/mol. The second-order valence-electron chi connectivity index (χ2n) is 14.6. The fraction of sp³-hybridized carbons (Fsp3) is 0.405. The standard InChI is InChI=1S/C42H49N5O6S/c1-3-29-11-15-31(16-12-29)32-19-21-33(22-20-32)36-23-44-42(45-24-36)35-17-13-30(14-18-35)26-46(28-41(50)51)40(49)25-43-39(48)27-47(54(2,52)53)38-10-6-8-34-7-4-5-9-37(34)38/h4-10,13-14,17-18,21,23-24,29,31-32H,3,11-12,15-16,19-20,22,25-28H2,1-2H3,(H,43,48)(H,50,51)/t29-,31-,32?. The Hall–Kier alpha value is -5.10. The predicted molar refractivity (Wildman–Crippen MR) is 211 cm³/mol. The van der Waals surface area contributed by atoms with E-state index < -0.39 is 47.4 Å². The zero-order chi connectivity index (χ0) is 38.2. The first-order valence-electron chi connectivity index (χ1n) is 18.8. The van der Waals surface area contributed by atoms with Crippen LogP contribution in [0.15, 0.2) is 85.2 Å². The number of nitrogens with zero attached hydrogens (tertiary/aromatic N) is 4. The lowest BCUT2D eigenvalue weighted by Gasteiger charge is -2.35. The molecule has 284 valence electrons. The highest BCUT2D eigenvalue weighted by Gasteiger charge is 2.29. The molecule has 12 heteroatoms. The maximum Gasteiger partial charge on any atom is 0.323 e. The number of hydrogen-bond donors (Lipinski definition) is 2. The van der Waals surface area contributed by atoms with Gasteiger partial charge in [0.2, 0.25) is 21.8 Å². The normalized spacial score (nSPS) is 18.8. The van der Waals surface area contributed by atoms with Crippen LogP contribution in [-0.2, 0) is 31.0 Å². The molecule has 2 aliphatic rings. The van der Waals surface area contributed by atoms with Crippen LogP contribution in [0.5, 0.6) is 0 Å². The van der Waals surface area contributed by atoms with Gasteiger partial charge in [-0.1, -0.05) is 92.9 Å². The molecule has 1 heterocycles. The Morgan fingerprint density at radius 1 is 0.852 bits per heavy atom. The van der Waals surface area contributed by atoms with Crippen molar-refractivity contribution in [3.63, 3.8) is 0 Å². The van der Waals surface area contributed by atoms with Gasteiger partial charge in [-0.2, -0.15) is 0 Å². The molecule has 11 nitrogen and oxygen atoms in total. The second-order valence-corrected chi connectivity index (χ2v) is 16.5. The first-order chi connectivity index (χ1) is 26.0. The van der Waals surface area contributed by atoms with Gasteiger partial charge in [-0.3, -0.25) is 18.7 Å². The Balaban J connectivity index is 1.04. The van der Waals surface area contributed by atoms with Gasteiger partial charge < -0.3 is 15.3 Å². The number of aromatic nitrogens is 2. The molecule has 1 saturated carbocycles. The summed E-state index contributed by atoms with van der Waals surface area (Å²) in [4.78, 5) is 48.2. The summed E-state index contributed by atoms with van der Waals surface area (Å²) < 4.78 is 26.5. The van der Waals surface area contributed by atoms with Gasteiger partial charge in [0.15, 0.2) is 5.82 Å². The first-order valence-corrected chi connectivity index (χ1v) is 20.7. The number of amides is 2. The van der Waals surface area contributed by atoms with E-state index in [1.807, 2.05) is 42.7 Å². The fourth-order valence-electron chi connectivity index (χ4n) is 7.91. The summed E-state index contributed by atoms with van der Waals surface area (Å²) in [7, 11) is -3.87. The van der Waals surface area contributed by atoms with E-state index in [1.54, 1.807) is 36.4 Å². The first kappa shape index (κ1) is 38.6. The van der Waals surface area contributed by atoms with Crippen molar-refractivity contribution >= 4 is 49.8 Å². The van der Waals surface area contributed by atoms with Crippen molar-refractivity contribution in [2.24, 2.45) is 17.8 Å². The Morgan fingerprint density at radius 3 is 2.20 bits per heavy atom. The van der Waals surface area contributed by atoms with Crippen LogP contribution in [0.4, 0.5) is 5.69 Å². The van der Waals surface area contributed by atoms with Crippen molar-refractivity contribution in [1.29, 1.82) is 0 Å². The van der Waals surface area contributed by atoms with E-state index in [0.717, 1.165) is 62.6 Å². The summed E-state index contributed by atoms with van der Waals surface area (Å²) >= 11 is 0. The molecule has 1 fully saturated rings. The predicted octanol–water partition coefficient (Wildman–Crippen LogP) is 6.69. The quantitative estimate of drug-likeness (QED) is 0.145. The molecule has 0 spiro atoms. The number of hydrogen-bond acceptors (Lipinski definition) is 7. The number of anilines is 1. The number of carbonyl (C=O) groups is 3. The van der Waals surface area contributed by atoms with Crippen LogP contribution >= 0.6 is 0 Å². The van der Waals surface area contributed by atoms with Crippen LogP contribution in [0.25, 0.3) is 27.7 Å². The zero-order valence-electron chi connectivity index (χ0n) is 31.0. The molecule has 0 radical (unpaired) electrons. The number of carboxylic acids is 1. The molecule has 54 heavy (non-hydrogen) atoms. The number of aliphatic carboxylic acids is 1. The molecule has 3 aromatic carbocycles. The maximum atomic E-state index is 13.2. The molecule has 1 atom stereocenters. The van der Waals surface area contributed by atoms with E-state index in [4.69, 9.17) is 0 Å². The minimum absolute atomic E-state index is 0.0122. The zero-order valence-corrected chi connectivity index (χ0v) is 31.8. The van der Waals surface area contributed by atoms with E-state index >= 15 is 0 Å². The molecule has 6 rings (SSSR count). The van der Waals surface area contributed by atoms with Gasteiger partial charge in [0.05, 0.1) is 18.5 Å². The number of sulfonamides is 1. The van der Waals surface area contributed by atoms with E-state index in [9.17, 15) is 27.9 Å². The number of carboxylic acid groups (broad SMARTS) is 1. The second kappa shape index (κ2) is 17.4. The topological polar surface area (TPSA) is 150 Å². The number of rotatable bonds is 14. The van der Waals surface area contributed by atoms with E-state index in [-0.39, 0.29) is 6.54 Å². The third kappa shape index (κ3) is 9.71. The Morgan fingerprint density at radius 2 is 1.56 bits per heavy atom. The van der Waals surface area contributed by atoms with E-state index in [1.165, 1.54) is 44.1 Å². The Kier molecular flexibility index (Phi) is 12.4. The average Bonchev–Trinajstić information content (AvgIpc) is 3.18. The number of allylic oxidation sites excluding steroid dienone is 2. The van der Waals surface area contributed by atoms with Crippen molar-refractivity contribution in [3.05, 3.63) is 96.3 Å². The number of benzene rings is 3. The van der Waals surface area contributed by atoms with Crippen LogP contribution in [0.2, 0.25) is 0 Å². The van der Waals surface area contributed by atoms with Crippen LogP contribution in [0.1, 0.15) is 69.4 Å². The highest BCUT2D eigenvalue weighted by molar-refractivity contribution is 7.92. The summed E-state index contributed by atoms with van der Waals surface area (Å²) in [5, 5.41) is 13.5. The van der Waals surface area contributed by atoms with Gasteiger partial charge in [0, 0.05) is 35.5 Å². The summed E-state index contributed by atoms with van der Waals surface area (Å²) in [6.45, 7) is 0.662. The maximum absolute atomic E-state index is 13.2. The molecule has 2 aliphatic carbocycles. The summed E-state index contributed by atoms with van der Waals surface area (Å²) in [5.41, 5.74) is 4.17. The van der Waals surface area contributed by atoms with Gasteiger partial charge >= 0.3 is 5.97 Å². The monoisotopic (exact) mass is 751 g/mol. The highest BCUT2D eigenvalue weighted by atomic mass is 32.2. The fourth-order valence-corrected chi connectivity index (χ4v) is 8.78. The number of carbonyl (C=O) groups excluding carboxylic acids is 2. The lowest BCUT2D eigenvalue weighted by Crippen LogP contribution is -2.45. The van der Waals surface area contributed by atoms with E-state index in [0.29, 0.717) is 22.5 Å². The molecule has 1 aromatic heterocycles. The molecular formula is C42H49N5O6S. The van der Waals surface area contributed by atoms with Gasteiger partial charge in [-0.25, -0.2) is 18.4 Å². The minimum Gasteiger partial charge on any atom is -0.480 e. The summed E-state index contributed by atoms with van der Waals surface area (Å²) in [6.07, 6.45) is 17.4. The molecule has 2 amide bonds. The van der Waals surface area contributed by atoms with Crippen LogP contribution in [0, 0.1) is 17.8 Å². The number of fused-ring (bicyclic) bond motifs is 1. The molecule has 4 aromatic rings. The lowest BCUT2D eigenvalue weighted by atomic mass is 9.71. The Labute approximate surface area is 317 Å². The minimum atomic E-state index is -3.87. The Bertz CT molecular complexity index is 2090. The molecule has 0 bridgehead atoms. The SMILES string of the molecule is CC[C@H]1CC[C@H](C2CC=C(c3cnc(-c4ccc(CN(CC(=O)O)C(=O)CNC(=O)CN(c5cccc6ccccc56)S(C)(=O)=O)cc4)nc3)CC2)CC1. The van der Waals surface area contributed by atoms with Crippen molar-refractivity contribution in [1.82, 2.24) is 20.2 Å². The molecule has 0 aliphatic heterocycles. The van der Waals surface area contributed by atoms with Gasteiger partial charge in [-0.15, -0.1) is 0 Å². The van der Waals surface area contributed by atoms with Gasteiger partial charge in [-0.05, 0) is 72.4 Å². The smallest absolute Gasteiger partial charge is 0.323 e. The molecule has 1 unspecified atom stereocenters. The van der Waals surface area contributed by atoms with Crippen molar-refractivity contribution < 1.29 is 27.9 Å². The van der Waals surface area contributed by atoms with Crippen LogP contribution in [-0.4, -0.2) is 72.1 Å². The highest BCUT2D eigenvalue weighted by Crippen LogP contribution is 2.41. The largest absolute Gasteiger partial charge is 0.480 e. The number of nitrogens with one attached hydrogen (secondary N) is 1. The van der Waals surface area contributed by atoms with Crippen molar-refractivity contribution in [2.45, 2.75) is 64.8 Å². The van der Waals surface area contributed by atoms with Gasteiger partial charge in [0.1, 0.15) is 13.1 Å². The van der Waals surface area contributed by atoms with Crippen molar-refractivity contribution in [3.8, 4) is 11.4 Å². The summed E-state index contributed by atoms with van der Waals surface area (Å²) in [6, 6.07) is 19.6.